The molecular weight excluding hydrogens is 367 g/mol. The summed E-state index contributed by atoms with van der Waals surface area (Å²) in [6.45, 7) is 0. The summed E-state index contributed by atoms with van der Waals surface area (Å²) in [5, 5.41) is 1.04. The first kappa shape index (κ1) is 16.9. The van der Waals surface area contributed by atoms with Gasteiger partial charge >= 0.3 is 0 Å². The van der Waals surface area contributed by atoms with Gasteiger partial charge in [-0.1, -0.05) is 71.7 Å². The molecule has 0 N–H and O–H groups in total. The lowest BCUT2D eigenvalue weighted by molar-refractivity contribution is 0.0963. The molecular formula is C22H14Cl2O2. The second-order valence-corrected chi connectivity index (χ2v) is 6.84. The molecule has 1 heterocycles. The summed E-state index contributed by atoms with van der Waals surface area (Å²) < 4.78 is 6.18. The van der Waals surface area contributed by atoms with Gasteiger partial charge in [-0.3, -0.25) is 4.79 Å². The number of hydrogen-bond acceptors (Lipinski definition) is 2. The topological polar surface area (TPSA) is 26.3 Å². The fourth-order valence-electron chi connectivity index (χ4n) is 3.02. The molecule has 1 atom stereocenters. The zero-order valence-electron chi connectivity index (χ0n) is 13.7. The number of carbonyl (C=O) groups is 1. The van der Waals surface area contributed by atoms with E-state index in [0.717, 1.165) is 11.1 Å². The first-order valence-electron chi connectivity index (χ1n) is 8.15. The van der Waals surface area contributed by atoms with Crippen LogP contribution in [0.3, 0.4) is 0 Å². The Balaban J connectivity index is 1.88. The van der Waals surface area contributed by atoms with Gasteiger partial charge in [-0.2, -0.15) is 0 Å². The van der Waals surface area contributed by atoms with E-state index in [-0.39, 0.29) is 5.78 Å². The zero-order chi connectivity index (χ0) is 18.1. The molecule has 26 heavy (non-hydrogen) atoms. The van der Waals surface area contributed by atoms with Gasteiger partial charge in [0.05, 0.1) is 5.56 Å². The van der Waals surface area contributed by atoms with E-state index < -0.39 is 6.10 Å². The predicted molar refractivity (Wildman–Crippen MR) is 105 cm³/mol. The Hall–Kier alpha value is -2.55. The van der Waals surface area contributed by atoms with Crippen molar-refractivity contribution in [2.24, 2.45) is 0 Å². The average molecular weight is 381 g/mol. The maximum Gasteiger partial charge on any atom is 0.196 e. The number of halogens is 2. The summed E-state index contributed by atoms with van der Waals surface area (Å²) in [5.74, 6) is 0.525. The summed E-state index contributed by atoms with van der Waals surface area (Å²) in [7, 11) is 0. The summed E-state index contributed by atoms with van der Waals surface area (Å²) >= 11 is 12.3. The van der Waals surface area contributed by atoms with Crippen LogP contribution in [0.1, 0.15) is 27.6 Å². The highest BCUT2D eigenvalue weighted by Crippen LogP contribution is 2.39. The number of carbonyl (C=O) groups excluding carboxylic acids is 1. The molecule has 4 rings (SSSR count). The molecule has 0 saturated heterocycles. The zero-order valence-corrected chi connectivity index (χ0v) is 15.2. The standard InChI is InChI=1S/C22H14Cl2O2/c23-16-11-10-15(19(24)13-16)12-18-21(25)17-8-4-5-9-20(17)26-22(18)14-6-2-1-3-7-14/h1-13,22H/b18-12-/t22-/m1/s1. The quantitative estimate of drug-likeness (QED) is 0.481. The van der Waals surface area contributed by atoms with E-state index in [1.807, 2.05) is 48.5 Å². The van der Waals surface area contributed by atoms with Crippen molar-refractivity contribution >= 4 is 35.1 Å². The fraction of sp³-hybridized carbons (Fsp3) is 0.0455. The minimum atomic E-state index is -0.495. The van der Waals surface area contributed by atoms with Crippen molar-refractivity contribution in [1.29, 1.82) is 0 Å². The lowest BCUT2D eigenvalue weighted by Crippen LogP contribution is -2.23. The minimum Gasteiger partial charge on any atom is -0.480 e. The Morgan fingerprint density at radius 2 is 1.62 bits per heavy atom. The van der Waals surface area contributed by atoms with Crippen molar-refractivity contribution in [1.82, 2.24) is 0 Å². The maximum atomic E-state index is 13.2. The number of fused-ring (bicyclic) bond motifs is 1. The van der Waals surface area contributed by atoms with Crippen molar-refractivity contribution in [2.45, 2.75) is 6.10 Å². The van der Waals surface area contributed by atoms with Crippen LogP contribution < -0.4 is 4.74 Å². The molecule has 0 radical (unpaired) electrons. The van der Waals surface area contributed by atoms with Crippen LogP contribution in [0.5, 0.6) is 5.75 Å². The van der Waals surface area contributed by atoms with Gasteiger partial charge in [-0.25, -0.2) is 0 Å². The average Bonchev–Trinajstić information content (AvgIpc) is 2.66. The lowest BCUT2D eigenvalue weighted by Gasteiger charge is -2.28. The molecule has 0 aliphatic carbocycles. The van der Waals surface area contributed by atoms with Crippen LogP contribution >= 0.6 is 23.2 Å². The molecule has 3 aromatic carbocycles. The molecule has 3 aromatic rings. The summed E-state index contributed by atoms with van der Waals surface area (Å²) in [6, 6.07) is 22.2. The molecule has 1 aliphatic rings. The lowest BCUT2D eigenvalue weighted by atomic mass is 9.89. The van der Waals surface area contributed by atoms with Gasteiger partial charge in [0, 0.05) is 15.6 Å². The molecule has 128 valence electrons. The minimum absolute atomic E-state index is 0.0632. The molecule has 0 fully saturated rings. The summed E-state index contributed by atoms with van der Waals surface area (Å²) in [5.41, 5.74) is 2.73. The van der Waals surface area contributed by atoms with Crippen molar-refractivity contribution in [3.63, 3.8) is 0 Å². The Bertz CT molecular complexity index is 1010. The normalized spacial score (nSPS) is 17.7. The number of ether oxygens (including phenoxy) is 1. The van der Waals surface area contributed by atoms with Gasteiger partial charge in [0.25, 0.3) is 0 Å². The van der Waals surface area contributed by atoms with Crippen LogP contribution in [0.2, 0.25) is 10.0 Å². The highest BCUT2D eigenvalue weighted by Gasteiger charge is 2.32. The molecule has 0 saturated carbocycles. The highest BCUT2D eigenvalue weighted by atomic mass is 35.5. The number of ketones is 1. The molecule has 2 nitrogen and oxygen atoms in total. The van der Waals surface area contributed by atoms with Gasteiger partial charge in [-0.05, 0) is 41.5 Å². The van der Waals surface area contributed by atoms with E-state index in [1.54, 1.807) is 30.3 Å². The Morgan fingerprint density at radius 1 is 0.885 bits per heavy atom. The van der Waals surface area contributed by atoms with Crippen molar-refractivity contribution in [3.8, 4) is 5.75 Å². The first-order chi connectivity index (χ1) is 12.6. The first-order valence-corrected chi connectivity index (χ1v) is 8.91. The number of para-hydroxylation sites is 1. The molecule has 0 amide bonds. The fourth-order valence-corrected chi connectivity index (χ4v) is 3.49. The third-order valence-corrected chi connectivity index (χ3v) is 4.86. The second kappa shape index (κ2) is 6.99. The monoisotopic (exact) mass is 380 g/mol. The van der Waals surface area contributed by atoms with Gasteiger partial charge in [0.2, 0.25) is 0 Å². The Labute approximate surface area is 161 Å². The third-order valence-electron chi connectivity index (χ3n) is 4.30. The van der Waals surface area contributed by atoms with E-state index in [1.165, 1.54) is 0 Å². The van der Waals surface area contributed by atoms with Gasteiger partial charge in [0.1, 0.15) is 5.75 Å². The van der Waals surface area contributed by atoms with Crippen LogP contribution in [-0.2, 0) is 0 Å². The maximum absolute atomic E-state index is 13.2. The van der Waals surface area contributed by atoms with Crippen LogP contribution in [0, 0.1) is 0 Å². The van der Waals surface area contributed by atoms with Crippen LogP contribution in [0.15, 0.2) is 78.4 Å². The molecule has 0 bridgehead atoms. The number of Topliss-reactive ketones (excluding diaryl/α,β-unsaturated/α-hetero) is 1. The SMILES string of the molecule is O=C1/C(=C/c2ccc(Cl)cc2Cl)[C@@H](c2ccccc2)Oc2ccccc21. The molecule has 0 spiro atoms. The van der Waals surface area contributed by atoms with Crippen molar-refractivity contribution in [3.05, 3.63) is 105 Å². The molecule has 0 unspecified atom stereocenters. The largest absolute Gasteiger partial charge is 0.480 e. The highest BCUT2D eigenvalue weighted by molar-refractivity contribution is 6.35. The number of hydrogen-bond donors (Lipinski definition) is 0. The van der Waals surface area contributed by atoms with E-state index in [0.29, 0.717) is 26.9 Å². The molecule has 0 aromatic heterocycles. The summed E-state index contributed by atoms with van der Waals surface area (Å²) in [4.78, 5) is 13.2. The van der Waals surface area contributed by atoms with Gasteiger partial charge in [0.15, 0.2) is 11.9 Å². The number of rotatable bonds is 2. The number of benzene rings is 3. The summed E-state index contributed by atoms with van der Waals surface area (Å²) in [6.07, 6.45) is 1.29. The van der Waals surface area contributed by atoms with Crippen LogP contribution in [0.4, 0.5) is 0 Å². The second-order valence-electron chi connectivity index (χ2n) is 6.00. The molecule has 4 heteroatoms. The predicted octanol–water partition coefficient (Wildman–Crippen LogP) is 6.39. The van der Waals surface area contributed by atoms with E-state index in [2.05, 4.69) is 0 Å². The third kappa shape index (κ3) is 3.14. The van der Waals surface area contributed by atoms with Crippen LogP contribution in [-0.4, -0.2) is 5.78 Å². The van der Waals surface area contributed by atoms with Crippen LogP contribution in [0.25, 0.3) is 6.08 Å². The molecule has 1 aliphatic heterocycles. The van der Waals surface area contributed by atoms with Gasteiger partial charge < -0.3 is 4.74 Å². The van der Waals surface area contributed by atoms with Crippen molar-refractivity contribution < 1.29 is 9.53 Å². The van der Waals surface area contributed by atoms with Crippen molar-refractivity contribution in [2.75, 3.05) is 0 Å². The van der Waals surface area contributed by atoms with E-state index in [9.17, 15) is 4.79 Å². The smallest absolute Gasteiger partial charge is 0.196 e. The Morgan fingerprint density at radius 3 is 2.38 bits per heavy atom. The van der Waals surface area contributed by atoms with Gasteiger partial charge in [-0.15, -0.1) is 0 Å². The van der Waals surface area contributed by atoms with E-state index in [4.69, 9.17) is 27.9 Å². The van der Waals surface area contributed by atoms with E-state index >= 15 is 0 Å². The Kier molecular flexibility index (Phi) is 4.54.